The summed E-state index contributed by atoms with van der Waals surface area (Å²) < 4.78 is 5.72. The number of hydrogen-bond acceptors (Lipinski definition) is 2. The van der Waals surface area contributed by atoms with Crippen LogP contribution in [0.25, 0.3) is 0 Å². The molecule has 1 unspecified atom stereocenters. The lowest BCUT2D eigenvalue weighted by atomic mass is 9.77. The first-order valence-electron chi connectivity index (χ1n) is 7.66. The molecule has 1 saturated carbocycles. The van der Waals surface area contributed by atoms with Crippen LogP contribution in [0.4, 0.5) is 0 Å². The Morgan fingerprint density at radius 2 is 2.00 bits per heavy atom. The highest BCUT2D eigenvalue weighted by Crippen LogP contribution is 2.47. The average Bonchev–Trinajstić information content (AvgIpc) is 2.87. The summed E-state index contributed by atoms with van der Waals surface area (Å²) in [4.78, 5) is 0. The van der Waals surface area contributed by atoms with E-state index in [1.54, 1.807) is 0 Å². The Morgan fingerprint density at radius 3 is 2.74 bits per heavy atom. The highest BCUT2D eigenvalue weighted by Gasteiger charge is 2.37. The van der Waals surface area contributed by atoms with Crippen molar-refractivity contribution in [1.29, 1.82) is 0 Å². The summed E-state index contributed by atoms with van der Waals surface area (Å²) in [6.07, 6.45) is 7.75. The molecule has 1 aromatic rings. The lowest BCUT2D eigenvalue weighted by Gasteiger charge is -2.35. The molecule has 104 valence electrons. The molecule has 0 saturated heterocycles. The van der Waals surface area contributed by atoms with Crippen LogP contribution in [0.15, 0.2) is 18.2 Å². The molecule has 2 aliphatic rings. The summed E-state index contributed by atoms with van der Waals surface area (Å²) in [5.74, 6) is 1.10. The first kappa shape index (κ1) is 13.0. The molecule has 1 heterocycles. The van der Waals surface area contributed by atoms with Gasteiger partial charge in [-0.2, -0.15) is 0 Å². The van der Waals surface area contributed by atoms with E-state index in [-0.39, 0.29) is 0 Å². The Kier molecular flexibility index (Phi) is 3.53. The Balaban J connectivity index is 1.91. The normalized spacial score (nSPS) is 22.6. The van der Waals surface area contributed by atoms with Crippen LogP contribution < -0.4 is 10.1 Å². The zero-order valence-electron chi connectivity index (χ0n) is 12.2. The minimum absolute atomic E-state index is 0.415. The van der Waals surface area contributed by atoms with Gasteiger partial charge in [-0.15, -0.1) is 0 Å². The molecule has 1 aliphatic carbocycles. The van der Waals surface area contributed by atoms with E-state index in [4.69, 9.17) is 4.74 Å². The second-order valence-corrected chi connectivity index (χ2v) is 6.40. The highest BCUT2D eigenvalue weighted by atomic mass is 16.5. The standard InChI is InChI=1S/C17H25NO/c1-17(9-3-4-10-17)16(18-2)14-7-8-15-13(12-14)6-5-11-19-15/h7-8,12,16,18H,3-6,9-11H2,1-2H3. The van der Waals surface area contributed by atoms with Crippen molar-refractivity contribution in [3.05, 3.63) is 29.3 Å². The van der Waals surface area contributed by atoms with Crippen LogP contribution >= 0.6 is 0 Å². The van der Waals surface area contributed by atoms with Crippen LogP contribution in [0.5, 0.6) is 5.75 Å². The molecule has 0 spiro atoms. The first-order valence-corrected chi connectivity index (χ1v) is 7.66. The van der Waals surface area contributed by atoms with Gasteiger partial charge in [0.05, 0.1) is 6.61 Å². The fourth-order valence-corrected chi connectivity index (χ4v) is 3.95. The van der Waals surface area contributed by atoms with Crippen LogP contribution in [0.3, 0.4) is 0 Å². The fourth-order valence-electron chi connectivity index (χ4n) is 3.95. The summed E-state index contributed by atoms with van der Waals surface area (Å²) in [5.41, 5.74) is 3.25. The Morgan fingerprint density at radius 1 is 1.21 bits per heavy atom. The average molecular weight is 259 g/mol. The van der Waals surface area contributed by atoms with Crippen LogP contribution in [-0.4, -0.2) is 13.7 Å². The number of ether oxygens (including phenoxy) is 1. The molecule has 1 aliphatic heterocycles. The number of nitrogens with one attached hydrogen (secondary N) is 1. The van der Waals surface area contributed by atoms with Crippen molar-refractivity contribution in [3.63, 3.8) is 0 Å². The zero-order valence-corrected chi connectivity index (χ0v) is 12.2. The summed E-state index contributed by atoms with van der Waals surface area (Å²) in [7, 11) is 2.10. The molecule has 1 N–H and O–H groups in total. The molecule has 1 aromatic carbocycles. The van der Waals surface area contributed by atoms with E-state index in [0.29, 0.717) is 11.5 Å². The highest BCUT2D eigenvalue weighted by molar-refractivity contribution is 5.40. The van der Waals surface area contributed by atoms with Gasteiger partial charge in [0.25, 0.3) is 0 Å². The van der Waals surface area contributed by atoms with Gasteiger partial charge in [0.15, 0.2) is 0 Å². The van der Waals surface area contributed by atoms with Crippen molar-refractivity contribution < 1.29 is 4.74 Å². The fraction of sp³-hybridized carbons (Fsp3) is 0.647. The monoisotopic (exact) mass is 259 g/mol. The number of aryl methyl sites for hydroxylation is 1. The molecule has 0 radical (unpaired) electrons. The molecule has 0 bridgehead atoms. The maximum absolute atomic E-state index is 5.72. The van der Waals surface area contributed by atoms with Gasteiger partial charge in [-0.25, -0.2) is 0 Å². The van der Waals surface area contributed by atoms with Gasteiger partial charge in [0.2, 0.25) is 0 Å². The SMILES string of the molecule is CNC(c1ccc2c(c1)CCCO2)C1(C)CCCC1. The van der Waals surface area contributed by atoms with Gasteiger partial charge in [0.1, 0.15) is 5.75 Å². The topological polar surface area (TPSA) is 21.3 Å². The van der Waals surface area contributed by atoms with Gasteiger partial charge < -0.3 is 10.1 Å². The predicted octanol–water partition coefficient (Wildman–Crippen LogP) is 3.85. The second-order valence-electron chi connectivity index (χ2n) is 6.40. The van der Waals surface area contributed by atoms with E-state index >= 15 is 0 Å². The van der Waals surface area contributed by atoms with E-state index in [1.807, 2.05) is 0 Å². The molecule has 2 heteroatoms. The molecule has 19 heavy (non-hydrogen) atoms. The quantitative estimate of drug-likeness (QED) is 0.890. The minimum atomic E-state index is 0.415. The predicted molar refractivity (Wildman–Crippen MR) is 78.6 cm³/mol. The van der Waals surface area contributed by atoms with E-state index in [0.717, 1.165) is 25.2 Å². The molecular formula is C17H25NO. The van der Waals surface area contributed by atoms with Crippen LogP contribution in [0.2, 0.25) is 0 Å². The maximum atomic E-state index is 5.72. The third-order valence-electron chi connectivity index (χ3n) is 5.00. The van der Waals surface area contributed by atoms with Gasteiger partial charge in [0, 0.05) is 6.04 Å². The van der Waals surface area contributed by atoms with Crippen LogP contribution in [-0.2, 0) is 6.42 Å². The van der Waals surface area contributed by atoms with Crippen molar-refractivity contribution in [1.82, 2.24) is 5.32 Å². The smallest absolute Gasteiger partial charge is 0.122 e. The van der Waals surface area contributed by atoms with Gasteiger partial charge in [-0.3, -0.25) is 0 Å². The number of benzene rings is 1. The van der Waals surface area contributed by atoms with E-state index in [1.165, 1.54) is 36.8 Å². The minimum Gasteiger partial charge on any atom is -0.493 e. The summed E-state index contributed by atoms with van der Waals surface area (Å²) in [5, 5.41) is 3.57. The Labute approximate surface area is 116 Å². The van der Waals surface area contributed by atoms with Gasteiger partial charge >= 0.3 is 0 Å². The van der Waals surface area contributed by atoms with Crippen molar-refractivity contribution >= 4 is 0 Å². The summed E-state index contributed by atoms with van der Waals surface area (Å²) >= 11 is 0. The van der Waals surface area contributed by atoms with E-state index in [2.05, 4.69) is 37.5 Å². The molecular weight excluding hydrogens is 234 g/mol. The largest absolute Gasteiger partial charge is 0.493 e. The second kappa shape index (κ2) is 5.16. The zero-order chi connectivity index (χ0) is 13.3. The van der Waals surface area contributed by atoms with Crippen molar-refractivity contribution in [3.8, 4) is 5.75 Å². The molecule has 0 amide bonds. The van der Waals surface area contributed by atoms with Crippen LogP contribution in [0.1, 0.15) is 56.2 Å². The molecule has 2 nitrogen and oxygen atoms in total. The maximum Gasteiger partial charge on any atom is 0.122 e. The Hall–Kier alpha value is -1.02. The lowest BCUT2D eigenvalue weighted by Crippen LogP contribution is -2.32. The number of rotatable bonds is 3. The number of hydrogen-bond donors (Lipinski definition) is 1. The van der Waals surface area contributed by atoms with E-state index in [9.17, 15) is 0 Å². The van der Waals surface area contributed by atoms with Crippen LogP contribution in [0, 0.1) is 5.41 Å². The van der Waals surface area contributed by atoms with Crippen molar-refractivity contribution in [2.45, 2.75) is 51.5 Å². The third-order valence-corrected chi connectivity index (χ3v) is 5.00. The van der Waals surface area contributed by atoms with Crippen molar-refractivity contribution in [2.24, 2.45) is 5.41 Å². The summed E-state index contributed by atoms with van der Waals surface area (Å²) in [6, 6.07) is 7.28. The van der Waals surface area contributed by atoms with Crippen molar-refractivity contribution in [2.75, 3.05) is 13.7 Å². The first-order chi connectivity index (χ1) is 9.23. The molecule has 3 rings (SSSR count). The molecule has 1 fully saturated rings. The third kappa shape index (κ3) is 2.38. The Bertz CT molecular complexity index is 449. The summed E-state index contributed by atoms with van der Waals surface area (Å²) in [6.45, 7) is 3.32. The van der Waals surface area contributed by atoms with Gasteiger partial charge in [-0.1, -0.05) is 31.9 Å². The molecule has 1 atom stereocenters. The lowest BCUT2D eigenvalue weighted by molar-refractivity contribution is 0.233. The van der Waals surface area contributed by atoms with E-state index < -0.39 is 0 Å². The number of fused-ring (bicyclic) bond motifs is 1. The van der Waals surface area contributed by atoms with Gasteiger partial charge in [-0.05, 0) is 55.3 Å². The molecule has 0 aromatic heterocycles.